The Hall–Kier alpha value is -1.53. The van der Waals surface area contributed by atoms with Gasteiger partial charge in [-0.05, 0) is 44.2 Å². The molecule has 24 heavy (non-hydrogen) atoms. The van der Waals surface area contributed by atoms with Gasteiger partial charge in [0.2, 0.25) is 0 Å². The van der Waals surface area contributed by atoms with Crippen molar-refractivity contribution in [2.24, 2.45) is 5.73 Å². The van der Waals surface area contributed by atoms with E-state index in [1.54, 1.807) is 42.7 Å². The van der Waals surface area contributed by atoms with E-state index >= 15 is 0 Å². The van der Waals surface area contributed by atoms with Gasteiger partial charge in [0.05, 0.1) is 5.02 Å². The number of carbonyl (C=O) groups excluding carboxylic acids is 1. The standard InChI is InChI=1S/C16H18ClN3O2.2ClH/c1-16(2,10-18)20-15(21)11-3-4-14(13(17)9-11)22-12-5-7-19-8-6-12;;/h3-9H,10,18H2,1-2H3,(H,20,21);2*1H. The highest BCUT2D eigenvalue weighted by Crippen LogP contribution is 2.29. The summed E-state index contributed by atoms with van der Waals surface area (Å²) in [5.74, 6) is 0.869. The first-order valence-corrected chi connectivity index (χ1v) is 7.19. The maximum atomic E-state index is 12.2. The number of hydrogen-bond donors (Lipinski definition) is 2. The highest BCUT2D eigenvalue weighted by atomic mass is 35.5. The van der Waals surface area contributed by atoms with Crippen LogP contribution in [0, 0.1) is 0 Å². The molecule has 1 aromatic heterocycles. The molecule has 1 heterocycles. The first-order valence-electron chi connectivity index (χ1n) is 6.81. The van der Waals surface area contributed by atoms with Gasteiger partial charge in [0.15, 0.2) is 0 Å². The van der Waals surface area contributed by atoms with Crippen molar-refractivity contribution in [3.8, 4) is 11.5 Å². The molecule has 3 N–H and O–H groups in total. The van der Waals surface area contributed by atoms with Crippen LogP contribution in [0.4, 0.5) is 0 Å². The molecule has 5 nitrogen and oxygen atoms in total. The number of nitrogens with zero attached hydrogens (tertiary/aromatic N) is 1. The minimum atomic E-state index is -0.476. The van der Waals surface area contributed by atoms with E-state index in [2.05, 4.69) is 10.3 Å². The maximum absolute atomic E-state index is 12.2. The second-order valence-corrected chi connectivity index (χ2v) is 5.88. The Balaban J connectivity index is 0.00000264. The lowest BCUT2D eigenvalue weighted by Gasteiger charge is -2.24. The second-order valence-electron chi connectivity index (χ2n) is 5.47. The minimum absolute atomic E-state index is 0. The number of aromatic nitrogens is 1. The molecule has 0 saturated heterocycles. The van der Waals surface area contributed by atoms with Gasteiger partial charge in [-0.25, -0.2) is 0 Å². The molecule has 0 bridgehead atoms. The molecule has 0 aliphatic rings. The number of halogens is 3. The van der Waals surface area contributed by atoms with Crippen molar-refractivity contribution >= 4 is 42.3 Å². The van der Waals surface area contributed by atoms with Gasteiger partial charge in [-0.3, -0.25) is 9.78 Å². The van der Waals surface area contributed by atoms with Gasteiger partial charge in [-0.15, -0.1) is 24.8 Å². The third kappa shape index (κ3) is 6.17. The Morgan fingerprint density at radius 3 is 2.42 bits per heavy atom. The van der Waals surface area contributed by atoms with Crippen molar-refractivity contribution in [1.82, 2.24) is 10.3 Å². The molecule has 1 amide bonds. The first kappa shape index (κ1) is 22.5. The zero-order valence-corrected chi connectivity index (χ0v) is 15.7. The van der Waals surface area contributed by atoms with E-state index < -0.39 is 5.54 Å². The van der Waals surface area contributed by atoms with Gasteiger partial charge in [-0.2, -0.15) is 0 Å². The quantitative estimate of drug-likeness (QED) is 0.810. The molecule has 2 aromatic rings. The monoisotopic (exact) mass is 391 g/mol. The largest absolute Gasteiger partial charge is 0.456 e. The minimum Gasteiger partial charge on any atom is -0.456 e. The van der Waals surface area contributed by atoms with Crippen molar-refractivity contribution in [3.05, 3.63) is 53.3 Å². The Kier molecular flexibility index (Phi) is 9.07. The highest BCUT2D eigenvalue weighted by Gasteiger charge is 2.19. The van der Waals surface area contributed by atoms with Gasteiger partial charge in [0.25, 0.3) is 5.91 Å². The smallest absolute Gasteiger partial charge is 0.251 e. The van der Waals surface area contributed by atoms with E-state index in [0.29, 0.717) is 28.6 Å². The number of nitrogens with two attached hydrogens (primary N) is 1. The van der Waals surface area contributed by atoms with Crippen LogP contribution < -0.4 is 15.8 Å². The second kappa shape index (κ2) is 9.69. The van der Waals surface area contributed by atoms with Crippen LogP contribution in [0.15, 0.2) is 42.7 Å². The van der Waals surface area contributed by atoms with Crippen molar-refractivity contribution in [1.29, 1.82) is 0 Å². The summed E-state index contributed by atoms with van der Waals surface area (Å²) in [7, 11) is 0. The van der Waals surface area contributed by atoms with Crippen molar-refractivity contribution in [2.75, 3.05) is 6.54 Å². The molecular weight excluding hydrogens is 373 g/mol. The summed E-state index contributed by atoms with van der Waals surface area (Å²) in [6.07, 6.45) is 3.25. The number of nitrogens with one attached hydrogen (secondary N) is 1. The molecule has 0 radical (unpaired) electrons. The molecule has 8 heteroatoms. The van der Waals surface area contributed by atoms with E-state index in [1.165, 1.54) is 0 Å². The maximum Gasteiger partial charge on any atom is 0.251 e. The van der Waals surface area contributed by atoms with Crippen LogP contribution in [0.2, 0.25) is 5.02 Å². The Labute approximate surface area is 158 Å². The number of amides is 1. The normalized spacial score (nSPS) is 10.2. The Bertz CT molecular complexity index is 667. The number of benzene rings is 1. The summed E-state index contributed by atoms with van der Waals surface area (Å²) < 4.78 is 5.64. The van der Waals surface area contributed by atoms with Gasteiger partial charge < -0.3 is 15.8 Å². The van der Waals surface area contributed by atoms with E-state index in [0.717, 1.165) is 0 Å². The SMILES string of the molecule is CC(C)(CN)NC(=O)c1ccc(Oc2ccncc2)c(Cl)c1.Cl.Cl. The van der Waals surface area contributed by atoms with Crippen LogP contribution in [0.25, 0.3) is 0 Å². The average Bonchev–Trinajstić information content (AvgIpc) is 2.50. The van der Waals surface area contributed by atoms with E-state index in [1.807, 2.05) is 13.8 Å². The molecule has 2 rings (SSSR count). The number of ether oxygens (including phenoxy) is 1. The first-order chi connectivity index (χ1) is 10.4. The summed E-state index contributed by atoms with van der Waals surface area (Å²) in [5.41, 5.74) is 5.58. The number of rotatable bonds is 5. The summed E-state index contributed by atoms with van der Waals surface area (Å²) >= 11 is 6.18. The third-order valence-electron chi connectivity index (χ3n) is 3.03. The van der Waals surface area contributed by atoms with Gasteiger partial charge in [-0.1, -0.05) is 11.6 Å². The van der Waals surface area contributed by atoms with Crippen LogP contribution in [0.1, 0.15) is 24.2 Å². The number of pyridine rings is 1. The zero-order chi connectivity index (χ0) is 16.2. The molecular formula is C16H20Cl3N3O2. The predicted octanol–water partition coefficient (Wildman–Crippen LogP) is 3.84. The Morgan fingerprint density at radius 2 is 1.88 bits per heavy atom. The average molecular weight is 393 g/mol. The number of hydrogen-bond acceptors (Lipinski definition) is 4. The van der Waals surface area contributed by atoms with Crippen LogP contribution in [-0.2, 0) is 0 Å². The fourth-order valence-electron chi connectivity index (χ4n) is 1.69. The molecule has 1 aromatic carbocycles. The molecule has 0 atom stereocenters. The van der Waals surface area contributed by atoms with Gasteiger partial charge in [0.1, 0.15) is 11.5 Å². The third-order valence-corrected chi connectivity index (χ3v) is 3.33. The predicted molar refractivity (Wildman–Crippen MR) is 101 cm³/mol. The lowest BCUT2D eigenvalue weighted by molar-refractivity contribution is 0.0915. The highest BCUT2D eigenvalue weighted by molar-refractivity contribution is 6.32. The van der Waals surface area contributed by atoms with Crippen LogP contribution in [0.3, 0.4) is 0 Å². The Morgan fingerprint density at radius 1 is 1.25 bits per heavy atom. The van der Waals surface area contributed by atoms with Gasteiger partial charge in [0, 0.05) is 30.0 Å². The molecule has 0 unspecified atom stereocenters. The molecule has 0 fully saturated rings. The lowest BCUT2D eigenvalue weighted by Crippen LogP contribution is -2.48. The van der Waals surface area contributed by atoms with Crippen molar-refractivity contribution < 1.29 is 9.53 Å². The summed E-state index contributed by atoms with van der Waals surface area (Å²) in [6, 6.07) is 8.33. The van der Waals surface area contributed by atoms with Crippen LogP contribution in [0.5, 0.6) is 11.5 Å². The van der Waals surface area contributed by atoms with Crippen LogP contribution in [-0.4, -0.2) is 23.0 Å². The molecule has 0 aliphatic heterocycles. The van der Waals surface area contributed by atoms with E-state index in [4.69, 9.17) is 22.1 Å². The summed E-state index contributed by atoms with van der Waals surface area (Å²) in [6.45, 7) is 4.05. The molecule has 0 spiro atoms. The summed E-state index contributed by atoms with van der Waals surface area (Å²) in [5, 5.41) is 3.20. The van der Waals surface area contributed by atoms with E-state index in [-0.39, 0.29) is 30.7 Å². The van der Waals surface area contributed by atoms with E-state index in [9.17, 15) is 4.79 Å². The fraction of sp³-hybridized carbons (Fsp3) is 0.250. The molecule has 132 valence electrons. The zero-order valence-electron chi connectivity index (χ0n) is 13.3. The fourth-order valence-corrected chi connectivity index (χ4v) is 1.91. The van der Waals surface area contributed by atoms with Gasteiger partial charge >= 0.3 is 0 Å². The topological polar surface area (TPSA) is 77.2 Å². The van der Waals surface area contributed by atoms with Crippen LogP contribution >= 0.6 is 36.4 Å². The lowest BCUT2D eigenvalue weighted by atomic mass is 10.1. The van der Waals surface area contributed by atoms with Crippen molar-refractivity contribution in [3.63, 3.8) is 0 Å². The molecule has 0 saturated carbocycles. The summed E-state index contributed by atoms with van der Waals surface area (Å²) in [4.78, 5) is 16.1. The molecule has 0 aliphatic carbocycles. The number of carbonyl (C=O) groups is 1. The van der Waals surface area contributed by atoms with Crippen molar-refractivity contribution in [2.45, 2.75) is 19.4 Å².